The van der Waals surface area contributed by atoms with Crippen LogP contribution in [0.3, 0.4) is 0 Å². The zero-order valence-electron chi connectivity index (χ0n) is 13.2. The van der Waals surface area contributed by atoms with Crippen LogP contribution >= 0.6 is 24.8 Å². The van der Waals surface area contributed by atoms with Gasteiger partial charge in [0.1, 0.15) is 5.82 Å². The number of carbonyl (C=O) groups is 1. The van der Waals surface area contributed by atoms with E-state index in [1.54, 1.807) is 31.5 Å². The lowest BCUT2D eigenvalue weighted by atomic mass is 9.98. The van der Waals surface area contributed by atoms with Gasteiger partial charge >= 0.3 is 0 Å². The molecule has 130 valence electrons. The standard InChI is InChI=1S/C17H18FN3O.2ClH/c1-11(12-3-2-7-19-9-12)17(22)21-15-5-4-13-10-20-8-6-14(13)16(15)18;;/h2-5,7,9,11,20H,6,8,10H2,1H3,(H,21,22);2*1H. The molecule has 0 spiro atoms. The number of benzene rings is 1. The largest absolute Gasteiger partial charge is 0.323 e. The van der Waals surface area contributed by atoms with E-state index in [9.17, 15) is 9.18 Å². The topological polar surface area (TPSA) is 54.0 Å². The van der Waals surface area contributed by atoms with E-state index in [1.807, 2.05) is 12.1 Å². The molecule has 1 aromatic carbocycles. The molecule has 1 aromatic heterocycles. The second-order valence-electron chi connectivity index (χ2n) is 5.49. The number of nitrogens with one attached hydrogen (secondary N) is 2. The number of amides is 1. The van der Waals surface area contributed by atoms with Crippen molar-refractivity contribution in [1.82, 2.24) is 10.3 Å². The summed E-state index contributed by atoms with van der Waals surface area (Å²) in [6.07, 6.45) is 3.95. The van der Waals surface area contributed by atoms with Gasteiger partial charge < -0.3 is 10.6 Å². The summed E-state index contributed by atoms with van der Waals surface area (Å²) in [5.74, 6) is -0.933. The van der Waals surface area contributed by atoms with E-state index < -0.39 is 0 Å². The van der Waals surface area contributed by atoms with E-state index >= 15 is 0 Å². The monoisotopic (exact) mass is 371 g/mol. The Morgan fingerprint density at radius 2 is 2.12 bits per heavy atom. The normalized spacial score (nSPS) is 13.8. The van der Waals surface area contributed by atoms with Crippen LogP contribution in [-0.2, 0) is 17.8 Å². The molecule has 4 nitrogen and oxygen atoms in total. The highest BCUT2D eigenvalue weighted by atomic mass is 35.5. The van der Waals surface area contributed by atoms with Crippen molar-refractivity contribution >= 4 is 36.4 Å². The van der Waals surface area contributed by atoms with Crippen molar-refractivity contribution in [2.75, 3.05) is 11.9 Å². The fourth-order valence-corrected chi connectivity index (χ4v) is 2.65. The average Bonchev–Trinajstić information content (AvgIpc) is 2.57. The van der Waals surface area contributed by atoms with Gasteiger partial charge in [-0.2, -0.15) is 0 Å². The number of carbonyl (C=O) groups excluding carboxylic acids is 1. The third kappa shape index (κ3) is 4.23. The zero-order valence-corrected chi connectivity index (χ0v) is 14.8. The van der Waals surface area contributed by atoms with Gasteiger partial charge in [-0.05, 0) is 48.7 Å². The zero-order chi connectivity index (χ0) is 15.5. The van der Waals surface area contributed by atoms with Crippen LogP contribution in [0.25, 0.3) is 0 Å². The number of halogens is 3. The van der Waals surface area contributed by atoms with E-state index in [4.69, 9.17) is 0 Å². The molecule has 2 heterocycles. The number of rotatable bonds is 3. The Labute approximate surface area is 153 Å². The second kappa shape index (κ2) is 8.97. The number of aromatic nitrogens is 1. The minimum atomic E-state index is -0.384. The van der Waals surface area contributed by atoms with Crippen LogP contribution in [0, 0.1) is 5.82 Å². The van der Waals surface area contributed by atoms with E-state index in [0.717, 1.165) is 17.7 Å². The lowest BCUT2D eigenvalue weighted by Crippen LogP contribution is -2.26. The Morgan fingerprint density at radius 3 is 2.83 bits per heavy atom. The van der Waals surface area contributed by atoms with Gasteiger partial charge in [-0.1, -0.05) is 12.1 Å². The maximum absolute atomic E-state index is 14.5. The van der Waals surface area contributed by atoms with Crippen LogP contribution in [0.5, 0.6) is 0 Å². The first-order chi connectivity index (χ1) is 10.7. The molecule has 0 saturated heterocycles. The van der Waals surface area contributed by atoms with E-state index in [2.05, 4.69) is 15.6 Å². The number of hydrogen-bond donors (Lipinski definition) is 2. The Kier molecular flexibility index (Phi) is 7.60. The SMILES string of the molecule is CC(C(=O)Nc1ccc2c(c1F)CCNC2)c1cccnc1.Cl.Cl. The molecule has 24 heavy (non-hydrogen) atoms. The first-order valence-corrected chi connectivity index (χ1v) is 7.38. The lowest BCUT2D eigenvalue weighted by Gasteiger charge is -2.20. The smallest absolute Gasteiger partial charge is 0.231 e. The van der Waals surface area contributed by atoms with E-state index in [0.29, 0.717) is 18.5 Å². The highest BCUT2D eigenvalue weighted by Gasteiger charge is 2.20. The number of nitrogens with zero attached hydrogens (tertiary/aromatic N) is 1. The van der Waals surface area contributed by atoms with Crippen molar-refractivity contribution in [2.45, 2.75) is 25.8 Å². The summed E-state index contributed by atoms with van der Waals surface area (Å²) in [7, 11) is 0. The minimum Gasteiger partial charge on any atom is -0.323 e. The average molecular weight is 372 g/mol. The van der Waals surface area contributed by atoms with Crippen molar-refractivity contribution in [1.29, 1.82) is 0 Å². The maximum Gasteiger partial charge on any atom is 0.231 e. The third-order valence-corrected chi connectivity index (χ3v) is 4.04. The Balaban J connectivity index is 0.00000144. The molecular weight excluding hydrogens is 352 g/mol. The molecule has 1 aliphatic rings. The predicted molar refractivity (Wildman–Crippen MR) is 97.6 cm³/mol. The van der Waals surface area contributed by atoms with Crippen molar-refractivity contribution in [3.63, 3.8) is 0 Å². The highest BCUT2D eigenvalue weighted by Crippen LogP contribution is 2.25. The Hall–Kier alpha value is -1.69. The summed E-state index contributed by atoms with van der Waals surface area (Å²) in [5, 5.41) is 5.90. The molecular formula is C17H20Cl2FN3O. The summed E-state index contributed by atoms with van der Waals surface area (Å²) in [4.78, 5) is 16.3. The molecule has 0 radical (unpaired) electrons. The predicted octanol–water partition coefficient (Wildman–Crippen LogP) is 3.45. The maximum atomic E-state index is 14.5. The fraction of sp³-hybridized carbons (Fsp3) is 0.294. The molecule has 0 bridgehead atoms. The molecule has 1 atom stereocenters. The van der Waals surface area contributed by atoms with E-state index in [1.165, 1.54) is 0 Å². The minimum absolute atomic E-state index is 0. The summed E-state index contributed by atoms with van der Waals surface area (Å²) >= 11 is 0. The molecule has 1 amide bonds. The Morgan fingerprint density at radius 1 is 1.33 bits per heavy atom. The van der Waals surface area contributed by atoms with Crippen LogP contribution in [0.2, 0.25) is 0 Å². The van der Waals surface area contributed by atoms with Crippen LogP contribution < -0.4 is 10.6 Å². The quantitative estimate of drug-likeness (QED) is 0.868. The number of hydrogen-bond acceptors (Lipinski definition) is 3. The van der Waals surface area contributed by atoms with Crippen LogP contribution in [0.1, 0.15) is 29.5 Å². The molecule has 2 N–H and O–H groups in total. The highest BCUT2D eigenvalue weighted by molar-refractivity contribution is 5.95. The molecule has 3 rings (SSSR count). The molecule has 7 heteroatoms. The third-order valence-electron chi connectivity index (χ3n) is 4.04. The lowest BCUT2D eigenvalue weighted by molar-refractivity contribution is -0.117. The summed E-state index contributed by atoms with van der Waals surface area (Å²) in [6, 6.07) is 7.13. The number of pyridine rings is 1. The van der Waals surface area contributed by atoms with Crippen LogP contribution in [-0.4, -0.2) is 17.4 Å². The molecule has 0 fully saturated rings. The van der Waals surface area contributed by atoms with Crippen molar-refractivity contribution in [2.24, 2.45) is 0 Å². The number of fused-ring (bicyclic) bond motifs is 1. The van der Waals surface area contributed by atoms with E-state index in [-0.39, 0.29) is 48.1 Å². The van der Waals surface area contributed by atoms with Crippen molar-refractivity contribution in [3.8, 4) is 0 Å². The molecule has 1 aliphatic heterocycles. The van der Waals surface area contributed by atoms with Gasteiger partial charge in [0.25, 0.3) is 0 Å². The second-order valence-corrected chi connectivity index (χ2v) is 5.49. The summed E-state index contributed by atoms with van der Waals surface area (Å²) in [6.45, 7) is 3.21. The molecule has 1 unspecified atom stereocenters. The number of anilines is 1. The summed E-state index contributed by atoms with van der Waals surface area (Å²) < 4.78 is 14.5. The van der Waals surface area contributed by atoms with Crippen LogP contribution in [0.15, 0.2) is 36.7 Å². The molecule has 2 aromatic rings. The van der Waals surface area contributed by atoms with Gasteiger partial charge in [-0.15, -0.1) is 24.8 Å². The van der Waals surface area contributed by atoms with Gasteiger partial charge in [0.15, 0.2) is 0 Å². The molecule has 0 saturated carbocycles. The first kappa shape index (κ1) is 20.4. The molecule has 0 aliphatic carbocycles. The van der Waals surface area contributed by atoms with Gasteiger partial charge in [-0.3, -0.25) is 9.78 Å². The van der Waals surface area contributed by atoms with Crippen molar-refractivity contribution in [3.05, 3.63) is 59.2 Å². The first-order valence-electron chi connectivity index (χ1n) is 7.38. The Bertz CT molecular complexity index is 698. The van der Waals surface area contributed by atoms with Crippen LogP contribution in [0.4, 0.5) is 10.1 Å². The summed E-state index contributed by atoms with van der Waals surface area (Å²) in [5.41, 5.74) is 2.72. The van der Waals surface area contributed by atoms with Crippen molar-refractivity contribution < 1.29 is 9.18 Å². The van der Waals surface area contributed by atoms with Gasteiger partial charge in [0, 0.05) is 18.9 Å². The van der Waals surface area contributed by atoms with Gasteiger partial charge in [0.05, 0.1) is 11.6 Å². The fourth-order valence-electron chi connectivity index (χ4n) is 2.65. The van der Waals surface area contributed by atoms with Gasteiger partial charge in [-0.25, -0.2) is 4.39 Å². The van der Waals surface area contributed by atoms with Gasteiger partial charge in [0.2, 0.25) is 5.91 Å².